The molecule has 1 aliphatic heterocycles. The van der Waals surface area contributed by atoms with E-state index < -0.39 is 18.0 Å². The smallest absolute Gasteiger partial charge is 0.339 e. The van der Waals surface area contributed by atoms with Gasteiger partial charge in [0.05, 0.1) is 5.56 Å². The maximum absolute atomic E-state index is 13.0. The zero-order chi connectivity index (χ0) is 21.1. The van der Waals surface area contributed by atoms with E-state index in [0.717, 1.165) is 0 Å². The number of hydrogen-bond donors (Lipinski definition) is 1. The van der Waals surface area contributed by atoms with E-state index in [1.54, 1.807) is 60.7 Å². The molecule has 0 radical (unpaired) electrons. The fourth-order valence-electron chi connectivity index (χ4n) is 2.93. The quantitative estimate of drug-likeness (QED) is 0.544. The first-order valence-corrected chi connectivity index (χ1v) is 9.68. The lowest BCUT2D eigenvalue weighted by atomic mass is 10.1. The predicted octanol–water partition coefficient (Wildman–Crippen LogP) is 5.26. The largest absolute Gasteiger partial charge is 0.454 e. The lowest BCUT2D eigenvalue weighted by Gasteiger charge is -2.18. The van der Waals surface area contributed by atoms with Crippen molar-refractivity contribution in [2.24, 2.45) is 0 Å². The molecular formula is C22H15Cl2NO5. The number of anilines is 1. The van der Waals surface area contributed by atoms with Crippen LogP contribution in [-0.4, -0.2) is 18.7 Å². The molecule has 1 amide bonds. The molecule has 0 unspecified atom stereocenters. The van der Waals surface area contributed by atoms with Crippen LogP contribution in [0, 0.1) is 0 Å². The van der Waals surface area contributed by atoms with Crippen molar-refractivity contribution in [1.29, 1.82) is 0 Å². The van der Waals surface area contributed by atoms with Crippen molar-refractivity contribution in [3.05, 3.63) is 87.9 Å². The first-order chi connectivity index (χ1) is 14.5. The van der Waals surface area contributed by atoms with Gasteiger partial charge in [0.2, 0.25) is 12.9 Å². The molecular weight excluding hydrogens is 429 g/mol. The average Bonchev–Trinajstić information content (AvgIpc) is 3.19. The van der Waals surface area contributed by atoms with Crippen LogP contribution in [0.5, 0.6) is 11.5 Å². The molecule has 0 saturated heterocycles. The summed E-state index contributed by atoms with van der Waals surface area (Å²) in [4.78, 5) is 25.7. The molecule has 3 aromatic carbocycles. The van der Waals surface area contributed by atoms with Crippen molar-refractivity contribution in [3.8, 4) is 11.5 Å². The van der Waals surface area contributed by atoms with Gasteiger partial charge < -0.3 is 19.5 Å². The molecule has 3 aromatic rings. The molecule has 152 valence electrons. The summed E-state index contributed by atoms with van der Waals surface area (Å²) in [7, 11) is 0. The molecule has 1 N–H and O–H groups in total. The van der Waals surface area contributed by atoms with E-state index in [1.165, 1.54) is 6.07 Å². The summed E-state index contributed by atoms with van der Waals surface area (Å²) >= 11 is 12.0. The number of fused-ring (bicyclic) bond motifs is 1. The minimum absolute atomic E-state index is 0.0884. The molecule has 1 aliphatic rings. The lowest BCUT2D eigenvalue weighted by molar-refractivity contribution is -0.125. The second-order valence-electron chi connectivity index (χ2n) is 6.41. The monoisotopic (exact) mass is 443 g/mol. The van der Waals surface area contributed by atoms with Gasteiger partial charge in [-0.1, -0.05) is 53.5 Å². The maximum Gasteiger partial charge on any atom is 0.339 e. The Bertz CT molecular complexity index is 1080. The van der Waals surface area contributed by atoms with Gasteiger partial charge in [-0.3, -0.25) is 4.79 Å². The fraction of sp³-hybridized carbons (Fsp3) is 0.0909. The third kappa shape index (κ3) is 4.50. The number of carbonyl (C=O) groups is 2. The van der Waals surface area contributed by atoms with Crippen LogP contribution >= 0.6 is 23.2 Å². The van der Waals surface area contributed by atoms with Gasteiger partial charge >= 0.3 is 5.97 Å². The predicted molar refractivity (Wildman–Crippen MR) is 112 cm³/mol. The van der Waals surface area contributed by atoms with Crippen LogP contribution in [0.15, 0.2) is 66.7 Å². The molecule has 0 aliphatic carbocycles. The van der Waals surface area contributed by atoms with E-state index in [2.05, 4.69) is 5.32 Å². The number of nitrogens with one attached hydrogen (secondary N) is 1. The fourth-order valence-corrected chi connectivity index (χ4v) is 3.46. The van der Waals surface area contributed by atoms with Gasteiger partial charge in [-0.2, -0.15) is 0 Å². The Morgan fingerprint density at radius 3 is 2.33 bits per heavy atom. The minimum atomic E-state index is -1.19. The SMILES string of the molecule is O=C(O[C@H](C(=O)Nc1cc(Cl)cc(Cl)c1)c1ccccc1)c1ccc2c(c1)OCO2. The Kier molecular flexibility index (Phi) is 5.79. The van der Waals surface area contributed by atoms with Gasteiger partial charge in [0.25, 0.3) is 5.91 Å². The molecule has 1 atom stereocenters. The van der Waals surface area contributed by atoms with Crippen LogP contribution < -0.4 is 14.8 Å². The summed E-state index contributed by atoms with van der Waals surface area (Å²) in [6.45, 7) is 0.0884. The van der Waals surface area contributed by atoms with Gasteiger partial charge in [0.15, 0.2) is 11.5 Å². The zero-order valence-electron chi connectivity index (χ0n) is 15.4. The molecule has 4 rings (SSSR count). The van der Waals surface area contributed by atoms with Crippen LogP contribution in [0.2, 0.25) is 10.0 Å². The van der Waals surface area contributed by atoms with Crippen LogP contribution in [0.25, 0.3) is 0 Å². The normalized spacial score (nSPS) is 12.9. The molecule has 30 heavy (non-hydrogen) atoms. The number of halogens is 2. The molecule has 0 spiro atoms. The Labute approximate surface area is 182 Å². The van der Waals surface area contributed by atoms with Crippen molar-refractivity contribution in [3.63, 3.8) is 0 Å². The number of hydrogen-bond acceptors (Lipinski definition) is 5. The number of esters is 1. The number of amides is 1. The van der Waals surface area contributed by atoms with Gasteiger partial charge in [0.1, 0.15) is 0 Å². The number of rotatable bonds is 5. The Hall–Kier alpha value is -3.22. The molecule has 0 bridgehead atoms. The number of ether oxygens (including phenoxy) is 3. The standard InChI is InChI=1S/C22H15Cl2NO5/c23-15-9-16(24)11-17(10-15)25-21(26)20(13-4-2-1-3-5-13)30-22(27)14-6-7-18-19(8-14)29-12-28-18/h1-11,20H,12H2,(H,25,26)/t20-/m0/s1. The highest BCUT2D eigenvalue weighted by Crippen LogP contribution is 2.33. The van der Waals surface area contributed by atoms with E-state index in [4.69, 9.17) is 37.4 Å². The number of carbonyl (C=O) groups excluding carboxylic acids is 2. The van der Waals surface area contributed by atoms with Gasteiger partial charge in [0, 0.05) is 21.3 Å². The highest BCUT2D eigenvalue weighted by Gasteiger charge is 2.27. The van der Waals surface area contributed by atoms with Crippen molar-refractivity contribution < 1.29 is 23.8 Å². The Morgan fingerprint density at radius 1 is 0.900 bits per heavy atom. The maximum atomic E-state index is 13.0. The van der Waals surface area contributed by atoms with Gasteiger partial charge in [-0.25, -0.2) is 4.79 Å². The van der Waals surface area contributed by atoms with E-state index in [0.29, 0.717) is 32.8 Å². The molecule has 1 heterocycles. The van der Waals surface area contributed by atoms with Crippen LogP contribution in [0.1, 0.15) is 22.0 Å². The Balaban J connectivity index is 1.58. The summed E-state index contributed by atoms with van der Waals surface area (Å²) in [5.74, 6) is -0.240. The molecule has 8 heteroatoms. The average molecular weight is 444 g/mol. The Morgan fingerprint density at radius 2 is 1.60 bits per heavy atom. The van der Waals surface area contributed by atoms with Crippen molar-refractivity contribution >= 4 is 40.8 Å². The van der Waals surface area contributed by atoms with Gasteiger partial charge in [-0.15, -0.1) is 0 Å². The second-order valence-corrected chi connectivity index (χ2v) is 7.28. The van der Waals surface area contributed by atoms with Crippen LogP contribution in [0.4, 0.5) is 5.69 Å². The third-order valence-electron chi connectivity index (χ3n) is 4.30. The first kappa shape index (κ1) is 20.1. The molecule has 0 saturated carbocycles. The van der Waals surface area contributed by atoms with E-state index in [-0.39, 0.29) is 12.4 Å². The lowest BCUT2D eigenvalue weighted by Crippen LogP contribution is -2.26. The summed E-state index contributed by atoms with van der Waals surface area (Å²) in [6.07, 6.45) is -1.19. The zero-order valence-corrected chi connectivity index (χ0v) is 16.9. The van der Waals surface area contributed by atoms with Crippen molar-refractivity contribution in [2.75, 3.05) is 12.1 Å². The minimum Gasteiger partial charge on any atom is -0.454 e. The van der Waals surface area contributed by atoms with Crippen LogP contribution in [-0.2, 0) is 9.53 Å². The first-order valence-electron chi connectivity index (χ1n) is 8.92. The summed E-state index contributed by atoms with van der Waals surface area (Å²) in [5, 5.41) is 3.43. The van der Waals surface area contributed by atoms with E-state index in [1.807, 2.05) is 0 Å². The van der Waals surface area contributed by atoms with Gasteiger partial charge in [-0.05, 0) is 36.4 Å². The second kappa shape index (κ2) is 8.65. The highest BCUT2D eigenvalue weighted by molar-refractivity contribution is 6.35. The summed E-state index contributed by atoms with van der Waals surface area (Å²) < 4.78 is 16.1. The van der Waals surface area contributed by atoms with Crippen molar-refractivity contribution in [2.45, 2.75) is 6.10 Å². The third-order valence-corrected chi connectivity index (χ3v) is 4.74. The highest BCUT2D eigenvalue weighted by atomic mass is 35.5. The molecule has 6 nitrogen and oxygen atoms in total. The van der Waals surface area contributed by atoms with Crippen LogP contribution in [0.3, 0.4) is 0 Å². The topological polar surface area (TPSA) is 73.9 Å². The van der Waals surface area contributed by atoms with E-state index in [9.17, 15) is 9.59 Å². The molecule has 0 aromatic heterocycles. The summed E-state index contributed by atoms with van der Waals surface area (Å²) in [6, 6.07) is 18.0. The number of benzene rings is 3. The summed E-state index contributed by atoms with van der Waals surface area (Å²) in [5.41, 5.74) is 1.13. The molecule has 0 fully saturated rings. The van der Waals surface area contributed by atoms with E-state index >= 15 is 0 Å². The van der Waals surface area contributed by atoms with Crippen molar-refractivity contribution in [1.82, 2.24) is 0 Å².